The first-order valence-electron chi connectivity index (χ1n) is 3.40. The van der Waals surface area contributed by atoms with Gasteiger partial charge in [0.2, 0.25) is 0 Å². The van der Waals surface area contributed by atoms with Crippen molar-refractivity contribution in [2.45, 2.75) is 0 Å². The molecule has 0 heterocycles. The molecule has 0 fully saturated rings. The summed E-state index contributed by atoms with van der Waals surface area (Å²) in [6, 6.07) is 10.5. The molecule has 3 heteroatoms. The Labute approximate surface area is 104 Å². The van der Waals surface area contributed by atoms with Crippen LogP contribution in [0.4, 0.5) is 0 Å². The van der Waals surface area contributed by atoms with Gasteiger partial charge in [-0.3, -0.25) is 0 Å². The Balaban J connectivity index is 3.05. The summed E-state index contributed by atoms with van der Waals surface area (Å²) in [5.41, 5.74) is 1.31. The number of hydrogen-bond acceptors (Lipinski definition) is 1. The lowest BCUT2D eigenvalue weighted by Crippen LogP contribution is -1.77. The first-order chi connectivity index (χ1) is 5.75. The minimum Gasteiger partial charge on any atom is -0.127 e. The highest BCUT2D eigenvalue weighted by Crippen LogP contribution is 2.35. The predicted octanol–water partition coefficient (Wildman–Crippen LogP) is 4.55. The molecule has 1 aromatic rings. The second-order valence-electron chi connectivity index (χ2n) is 2.16. The van der Waals surface area contributed by atoms with Gasteiger partial charge in [-0.1, -0.05) is 30.3 Å². The average molecular weight is 402 g/mol. The number of halogens is 2. The van der Waals surface area contributed by atoms with Crippen molar-refractivity contribution in [3.63, 3.8) is 0 Å². The molecule has 0 spiro atoms. The van der Waals surface area contributed by atoms with E-state index in [-0.39, 0.29) is 0 Å². The fourth-order valence-electron chi connectivity index (χ4n) is 0.894. The molecule has 1 aromatic carbocycles. The topological polar surface area (TPSA) is 0 Å². The molecular formula is C9H8I2S. The van der Waals surface area contributed by atoms with Crippen LogP contribution < -0.4 is 0 Å². The Morgan fingerprint density at radius 2 is 1.75 bits per heavy atom. The molecule has 0 atom stereocenters. The van der Waals surface area contributed by atoms with Crippen molar-refractivity contribution in [1.82, 2.24) is 0 Å². The van der Waals surface area contributed by atoms with E-state index in [9.17, 15) is 0 Å². The smallest absolute Gasteiger partial charge is 0.0655 e. The van der Waals surface area contributed by atoms with Crippen molar-refractivity contribution in [3.8, 4) is 0 Å². The Bertz CT molecular complexity index is 276. The van der Waals surface area contributed by atoms with E-state index in [0.29, 0.717) is 0 Å². The molecule has 0 aliphatic carbocycles. The van der Waals surface area contributed by atoms with Gasteiger partial charge >= 0.3 is 0 Å². The molecule has 0 amide bonds. The van der Waals surface area contributed by atoms with Crippen LogP contribution in [-0.2, 0) is 0 Å². The Hall–Kier alpha value is 0.770. The Morgan fingerprint density at radius 1 is 1.17 bits per heavy atom. The second-order valence-corrected chi connectivity index (χ2v) is 7.20. The lowest BCUT2D eigenvalue weighted by Gasteiger charge is -2.03. The Morgan fingerprint density at radius 3 is 2.17 bits per heavy atom. The molecule has 0 aromatic heterocycles. The summed E-state index contributed by atoms with van der Waals surface area (Å²) >= 11 is 6.50. The van der Waals surface area contributed by atoms with Crippen molar-refractivity contribution < 1.29 is 0 Å². The number of rotatable bonds is 2. The predicted molar refractivity (Wildman–Crippen MR) is 74.9 cm³/mol. The largest absolute Gasteiger partial charge is 0.127 e. The van der Waals surface area contributed by atoms with Gasteiger partial charge in [0.1, 0.15) is 0 Å². The first kappa shape index (κ1) is 10.8. The zero-order valence-corrected chi connectivity index (χ0v) is 11.7. The highest BCUT2D eigenvalue weighted by Gasteiger charge is 2.01. The summed E-state index contributed by atoms with van der Waals surface area (Å²) in [5.74, 6) is 0. The molecule has 64 valence electrons. The molecular weight excluding hydrogens is 394 g/mol. The standard InChI is InChI=1S/C9H8I2S/c1-12-8(9(10)11)7-5-3-2-4-6-7/h2-6H,1H3. The van der Waals surface area contributed by atoms with Gasteiger partial charge in [-0.2, -0.15) is 0 Å². The second kappa shape index (κ2) is 5.49. The number of hydrogen-bond donors (Lipinski definition) is 0. The van der Waals surface area contributed by atoms with E-state index in [1.165, 1.54) is 12.1 Å². The van der Waals surface area contributed by atoms with Gasteiger partial charge in [0.25, 0.3) is 0 Å². The van der Waals surface area contributed by atoms with E-state index in [1.807, 2.05) is 6.07 Å². The van der Waals surface area contributed by atoms with Gasteiger partial charge in [0, 0.05) is 4.91 Å². The maximum atomic E-state index is 2.35. The van der Waals surface area contributed by atoms with Crippen LogP contribution in [0.5, 0.6) is 0 Å². The molecule has 0 saturated heterocycles. The van der Waals surface area contributed by atoms with Crippen molar-refractivity contribution in [3.05, 3.63) is 37.5 Å². The third kappa shape index (κ3) is 2.92. The van der Waals surface area contributed by atoms with E-state index in [2.05, 4.69) is 75.7 Å². The minimum absolute atomic E-state index is 1.31. The molecule has 1 rings (SSSR count). The lowest BCUT2D eigenvalue weighted by atomic mass is 10.2. The highest BCUT2D eigenvalue weighted by atomic mass is 127. The van der Waals surface area contributed by atoms with Crippen LogP contribution in [0, 0.1) is 0 Å². The van der Waals surface area contributed by atoms with Gasteiger partial charge in [-0.05, 0) is 57.0 Å². The third-order valence-electron chi connectivity index (χ3n) is 1.41. The maximum absolute atomic E-state index is 2.35. The molecule has 12 heavy (non-hydrogen) atoms. The van der Waals surface area contributed by atoms with Gasteiger partial charge in [0.15, 0.2) is 0 Å². The minimum atomic E-state index is 1.31. The van der Waals surface area contributed by atoms with Gasteiger partial charge in [0.05, 0.1) is 1.59 Å². The molecule has 0 unspecified atom stereocenters. The van der Waals surface area contributed by atoms with Crippen molar-refractivity contribution >= 4 is 61.8 Å². The zero-order valence-electron chi connectivity index (χ0n) is 6.55. The molecule has 0 bridgehead atoms. The summed E-state index contributed by atoms with van der Waals surface area (Å²) in [4.78, 5) is 1.36. The van der Waals surface area contributed by atoms with E-state index in [4.69, 9.17) is 0 Å². The summed E-state index contributed by atoms with van der Waals surface area (Å²) in [5, 5.41) is 0. The lowest BCUT2D eigenvalue weighted by molar-refractivity contribution is 1.66. The van der Waals surface area contributed by atoms with E-state index in [0.717, 1.165) is 0 Å². The Kier molecular flexibility index (Phi) is 4.96. The van der Waals surface area contributed by atoms with Crippen LogP contribution in [0.15, 0.2) is 31.9 Å². The van der Waals surface area contributed by atoms with Crippen molar-refractivity contribution in [2.75, 3.05) is 6.26 Å². The summed E-state index contributed by atoms with van der Waals surface area (Å²) < 4.78 is 1.32. The van der Waals surface area contributed by atoms with Crippen molar-refractivity contribution in [1.29, 1.82) is 0 Å². The van der Waals surface area contributed by atoms with Crippen LogP contribution in [0.3, 0.4) is 0 Å². The molecule has 0 radical (unpaired) electrons. The van der Waals surface area contributed by atoms with E-state index < -0.39 is 0 Å². The first-order valence-corrected chi connectivity index (χ1v) is 6.78. The fourth-order valence-corrected chi connectivity index (χ4v) is 3.36. The number of thioether (sulfide) groups is 1. The fraction of sp³-hybridized carbons (Fsp3) is 0.111. The van der Waals surface area contributed by atoms with E-state index in [1.54, 1.807) is 11.8 Å². The van der Waals surface area contributed by atoms with Crippen LogP contribution >= 0.6 is 56.9 Å². The SMILES string of the molecule is CSC(=C(I)I)c1ccccc1. The van der Waals surface area contributed by atoms with Gasteiger partial charge < -0.3 is 0 Å². The van der Waals surface area contributed by atoms with Crippen LogP contribution in [0.25, 0.3) is 4.91 Å². The molecule has 0 nitrogen and oxygen atoms in total. The van der Waals surface area contributed by atoms with Crippen LogP contribution in [-0.4, -0.2) is 6.26 Å². The van der Waals surface area contributed by atoms with Gasteiger partial charge in [-0.15, -0.1) is 11.8 Å². The zero-order chi connectivity index (χ0) is 8.97. The monoisotopic (exact) mass is 402 g/mol. The summed E-state index contributed by atoms with van der Waals surface area (Å²) in [7, 11) is 0. The third-order valence-corrected chi connectivity index (χ3v) is 4.07. The molecule has 0 saturated carbocycles. The van der Waals surface area contributed by atoms with Gasteiger partial charge in [-0.25, -0.2) is 0 Å². The number of benzene rings is 1. The van der Waals surface area contributed by atoms with E-state index >= 15 is 0 Å². The van der Waals surface area contributed by atoms with Crippen LogP contribution in [0.1, 0.15) is 5.56 Å². The normalized spacial score (nSPS) is 9.58. The maximum Gasteiger partial charge on any atom is 0.0655 e. The van der Waals surface area contributed by atoms with Crippen molar-refractivity contribution in [2.24, 2.45) is 0 Å². The molecule has 0 aliphatic heterocycles. The molecule has 0 N–H and O–H groups in total. The summed E-state index contributed by atoms with van der Waals surface area (Å²) in [6.07, 6.45) is 2.11. The summed E-state index contributed by atoms with van der Waals surface area (Å²) in [6.45, 7) is 0. The van der Waals surface area contributed by atoms with Crippen LogP contribution in [0.2, 0.25) is 0 Å². The quantitative estimate of drug-likeness (QED) is 0.655. The molecule has 0 aliphatic rings. The average Bonchev–Trinajstić information content (AvgIpc) is 2.07. The highest BCUT2D eigenvalue weighted by molar-refractivity contribution is 14.2.